The lowest BCUT2D eigenvalue weighted by molar-refractivity contribution is 0.128. The molecule has 0 aliphatic rings. The van der Waals surface area contributed by atoms with E-state index in [9.17, 15) is 4.79 Å². The minimum atomic E-state index is -0.893. The van der Waals surface area contributed by atoms with E-state index >= 15 is 0 Å². The highest BCUT2D eigenvalue weighted by Crippen LogP contribution is 2.14. The Morgan fingerprint density at radius 1 is 1.50 bits per heavy atom. The number of carboxylic acid groups (broad SMARTS) is 1. The average molecular weight is 174 g/mol. The quantitative estimate of drug-likeness (QED) is 0.670. The van der Waals surface area contributed by atoms with Gasteiger partial charge in [0.2, 0.25) is 0 Å². The van der Waals surface area contributed by atoms with Gasteiger partial charge in [-0.2, -0.15) is 0 Å². The van der Waals surface area contributed by atoms with E-state index in [4.69, 9.17) is 10.8 Å². The van der Waals surface area contributed by atoms with Crippen molar-refractivity contribution in [3.05, 3.63) is 0 Å². The van der Waals surface area contributed by atoms with E-state index in [1.54, 1.807) is 0 Å². The number of hydrogen-bond acceptors (Lipinski definition) is 2. The molecule has 0 fully saturated rings. The zero-order valence-corrected chi connectivity index (χ0v) is 8.00. The third kappa shape index (κ3) is 4.96. The molecule has 0 aromatic heterocycles. The summed E-state index contributed by atoms with van der Waals surface area (Å²) in [7, 11) is 0. The van der Waals surface area contributed by atoms with E-state index in [0.29, 0.717) is 19.6 Å². The van der Waals surface area contributed by atoms with Gasteiger partial charge in [-0.05, 0) is 5.41 Å². The topological polar surface area (TPSA) is 66.6 Å². The Morgan fingerprint density at radius 3 is 2.25 bits per heavy atom. The largest absolute Gasteiger partial charge is 0.465 e. The smallest absolute Gasteiger partial charge is 0.407 e. The van der Waals surface area contributed by atoms with E-state index in [-0.39, 0.29) is 5.41 Å². The number of nitrogens with two attached hydrogens (primary N) is 1. The minimum absolute atomic E-state index is 0.00639. The van der Waals surface area contributed by atoms with Gasteiger partial charge < -0.3 is 15.7 Å². The highest BCUT2D eigenvalue weighted by atomic mass is 16.4. The first-order chi connectivity index (χ1) is 5.37. The van der Waals surface area contributed by atoms with Gasteiger partial charge in [-0.3, -0.25) is 0 Å². The molecule has 0 aliphatic carbocycles. The molecule has 0 saturated carbocycles. The summed E-state index contributed by atoms with van der Waals surface area (Å²) >= 11 is 0. The van der Waals surface area contributed by atoms with Crippen LogP contribution in [-0.2, 0) is 0 Å². The molecular weight excluding hydrogens is 156 g/mol. The summed E-state index contributed by atoms with van der Waals surface area (Å²) in [5, 5.41) is 8.74. The molecule has 72 valence electrons. The normalized spacial score (nSPS) is 11.3. The van der Waals surface area contributed by atoms with Crippen LogP contribution < -0.4 is 5.73 Å². The van der Waals surface area contributed by atoms with Crippen molar-refractivity contribution in [3.63, 3.8) is 0 Å². The van der Waals surface area contributed by atoms with Gasteiger partial charge in [-0.1, -0.05) is 20.8 Å². The fourth-order valence-electron chi connectivity index (χ4n) is 0.971. The Kier molecular flexibility index (Phi) is 4.03. The van der Waals surface area contributed by atoms with E-state index in [1.807, 2.05) is 20.8 Å². The lowest BCUT2D eigenvalue weighted by Crippen LogP contribution is -2.39. The van der Waals surface area contributed by atoms with Gasteiger partial charge in [0.05, 0.1) is 0 Å². The molecule has 0 aromatic rings. The molecular formula is C8H18N2O2. The van der Waals surface area contributed by atoms with Crippen LogP contribution >= 0.6 is 0 Å². The molecule has 0 aromatic carbocycles. The predicted molar refractivity (Wildman–Crippen MR) is 48.1 cm³/mol. The number of amides is 1. The molecule has 0 heterocycles. The number of rotatable bonds is 3. The summed E-state index contributed by atoms with van der Waals surface area (Å²) in [4.78, 5) is 12.0. The van der Waals surface area contributed by atoms with Crippen molar-refractivity contribution in [2.24, 2.45) is 11.1 Å². The summed E-state index contributed by atoms with van der Waals surface area (Å²) in [6.07, 6.45) is -0.893. The third-order valence-corrected chi connectivity index (χ3v) is 1.33. The zero-order valence-electron chi connectivity index (χ0n) is 8.00. The molecule has 4 heteroatoms. The molecule has 0 unspecified atom stereocenters. The molecule has 1 amide bonds. The molecule has 0 saturated heterocycles. The molecule has 0 aliphatic heterocycles. The van der Waals surface area contributed by atoms with Crippen molar-refractivity contribution in [2.75, 3.05) is 19.6 Å². The highest BCUT2D eigenvalue weighted by Gasteiger charge is 2.19. The molecule has 0 bridgehead atoms. The summed E-state index contributed by atoms with van der Waals surface area (Å²) in [5.74, 6) is 0. The van der Waals surface area contributed by atoms with Crippen LogP contribution in [0.3, 0.4) is 0 Å². The first-order valence-electron chi connectivity index (χ1n) is 4.05. The van der Waals surface area contributed by atoms with Crippen LogP contribution in [-0.4, -0.2) is 35.7 Å². The van der Waals surface area contributed by atoms with Gasteiger partial charge >= 0.3 is 6.09 Å². The van der Waals surface area contributed by atoms with Crippen molar-refractivity contribution in [1.82, 2.24) is 4.90 Å². The number of carbonyl (C=O) groups is 1. The Balaban J connectivity index is 4.05. The number of hydrogen-bond donors (Lipinski definition) is 2. The highest BCUT2D eigenvalue weighted by molar-refractivity contribution is 5.64. The molecule has 12 heavy (non-hydrogen) atoms. The zero-order chi connectivity index (χ0) is 9.78. The Bertz CT molecular complexity index is 152. The van der Waals surface area contributed by atoms with Gasteiger partial charge in [0, 0.05) is 19.6 Å². The maximum absolute atomic E-state index is 10.6. The predicted octanol–water partition coefficient (Wildman–Crippen LogP) is 0.971. The maximum atomic E-state index is 10.6. The average Bonchev–Trinajstić information content (AvgIpc) is 1.83. The van der Waals surface area contributed by atoms with Crippen molar-refractivity contribution in [2.45, 2.75) is 20.8 Å². The third-order valence-electron chi connectivity index (χ3n) is 1.33. The van der Waals surface area contributed by atoms with Gasteiger partial charge in [-0.25, -0.2) is 4.79 Å². The Labute approximate surface area is 73.3 Å². The lowest BCUT2D eigenvalue weighted by Gasteiger charge is -2.27. The summed E-state index contributed by atoms with van der Waals surface area (Å²) in [6, 6.07) is 0. The van der Waals surface area contributed by atoms with Crippen LogP contribution in [0, 0.1) is 5.41 Å². The fourth-order valence-corrected chi connectivity index (χ4v) is 0.971. The molecule has 0 atom stereocenters. The van der Waals surface area contributed by atoms with Crippen LogP contribution in [0.2, 0.25) is 0 Å². The van der Waals surface area contributed by atoms with Crippen molar-refractivity contribution < 1.29 is 9.90 Å². The van der Waals surface area contributed by atoms with E-state index in [2.05, 4.69) is 0 Å². The van der Waals surface area contributed by atoms with Gasteiger partial charge in [0.1, 0.15) is 0 Å². The number of nitrogens with zero attached hydrogens (tertiary/aromatic N) is 1. The second-order valence-electron chi connectivity index (χ2n) is 4.05. The van der Waals surface area contributed by atoms with Gasteiger partial charge in [0.25, 0.3) is 0 Å². The van der Waals surface area contributed by atoms with Crippen molar-refractivity contribution in [1.29, 1.82) is 0 Å². The second kappa shape index (κ2) is 4.30. The molecule has 4 nitrogen and oxygen atoms in total. The monoisotopic (exact) mass is 174 g/mol. The Hall–Kier alpha value is -0.770. The SMILES string of the molecule is CC(C)(C)CN(CCN)C(=O)O. The molecule has 0 spiro atoms. The first-order valence-corrected chi connectivity index (χ1v) is 4.05. The van der Waals surface area contributed by atoms with Crippen LogP contribution in [0.25, 0.3) is 0 Å². The Morgan fingerprint density at radius 2 is 2.00 bits per heavy atom. The minimum Gasteiger partial charge on any atom is -0.465 e. The summed E-state index contributed by atoms with van der Waals surface area (Å²) in [5.41, 5.74) is 5.27. The second-order valence-corrected chi connectivity index (χ2v) is 4.05. The van der Waals surface area contributed by atoms with Crippen LogP contribution in [0.4, 0.5) is 4.79 Å². The molecule has 0 rings (SSSR count). The lowest BCUT2D eigenvalue weighted by atomic mass is 9.96. The summed E-state index contributed by atoms with van der Waals surface area (Å²) < 4.78 is 0. The van der Waals surface area contributed by atoms with Crippen molar-refractivity contribution in [3.8, 4) is 0 Å². The van der Waals surface area contributed by atoms with Gasteiger partial charge in [-0.15, -0.1) is 0 Å². The summed E-state index contributed by atoms with van der Waals surface area (Å²) in [6.45, 7) is 7.31. The van der Waals surface area contributed by atoms with Crippen LogP contribution in [0.5, 0.6) is 0 Å². The van der Waals surface area contributed by atoms with E-state index in [0.717, 1.165) is 0 Å². The molecule has 3 N–H and O–H groups in total. The standard InChI is InChI=1S/C8H18N2O2/c1-8(2,3)6-10(5-4-9)7(11)12/h4-6,9H2,1-3H3,(H,11,12). The van der Waals surface area contributed by atoms with E-state index < -0.39 is 6.09 Å². The van der Waals surface area contributed by atoms with Gasteiger partial charge in [0.15, 0.2) is 0 Å². The molecule has 0 radical (unpaired) electrons. The maximum Gasteiger partial charge on any atom is 0.407 e. The van der Waals surface area contributed by atoms with E-state index in [1.165, 1.54) is 4.90 Å². The fraction of sp³-hybridized carbons (Fsp3) is 0.875. The van der Waals surface area contributed by atoms with Crippen LogP contribution in [0.15, 0.2) is 0 Å². The van der Waals surface area contributed by atoms with Crippen LogP contribution in [0.1, 0.15) is 20.8 Å². The first kappa shape index (κ1) is 11.2. The van der Waals surface area contributed by atoms with Crippen molar-refractivity contribution >= 4 is 6.09 Å².